The van der Waals surface area contributed by atoms with E-state index in [0.717, 1.165) is 6.07 Å². The minimum Gasteiger partial charge on any atom is -0.481 e. The lowest BCUT2D eigenvalue weighted by molar-refractivity contribution is -0.137. The number of halogens is 1. The van der Waals surface area contributed by atoms with Crippen LogP contribution in [0.1, 0.15) is 29.6 Å². The normalized spacial score (nSPS) is 9.93. The van der Waals surface area contributed by atoms with Crippen molar-refractivity contribution in [2.75, 3.05) is 0 Å². The van der Waals surface area contributed by atoms with Gasteiger partial charge in [0.25, 0.3) is 0 Å². The van der Waals surface area contributed by atoms with Crippen LogP contribution in [0.25, 0.3) is 0 Å². The Balaban J connectivity index is 2.50. The lowest BCUT2D eigenvalue weighted by Crippen LogP contribution is -2.02. The van der Waals surface area contributed by atoms with Crippen molar-refractivity contribution in [1.82, 2.24) is 0 Å². The monoisotopic (exact) mass is 210 g/mol. The summed E-state index contributed by atoms with van der Waals surface area (Å²) in [5.41, 5.74) is 0.292. The largest absolute Gasteiger partial charge is 0.481 e. The number of Topliss-reactive ketones (excluding diaryl/α,β-unsaturated/α-hetero) is 1. The Kier molecular flexibility index (Phi) is 3.97. The Morgan fingerprint density at radius 1 is 1.27 bits per heavy atom. The first kappa shape index (κ1) is 11.4. The summed E-state index contributed by atoms with van der Waals surface area (Å²) in [4.78, 5) is 21.6. The van der Waals surface area contributed by atoms with Crippen LogP contribution in [0, 0.1) is 5.82 Å². The fraction of sp³-hybridized carbons (Fsp3) is 0.273. The fourth-order valence-corrected chi connectivity index (χ4v) is 1.21. The van der Waals surface area contributed by atoms with Crippen LogP contribution in [-0.4, -0.2) is 16.9 Å². The molecule has 0 atom stereocenters. The summed E-state index contributed by atoms with van der Waals surface area (Å²) in [6, 6.07) is 5.39. The van der Waals surface area contributed by atoms with Gasteiger partial charge in [-0.15, -0.1) is 0 Å². The highest BCUT2D eigenvalue weighted by molar-refractivity contribution is 5.96. The van der Waals surface area contributed by atoms with Crippen molar-refractivity contribution in [2.24, 2.45) is 0 Å². The Morgan fingerprint density at radius 2 is 2.00 bits per heavy atom. The lowest BCUT2D eigenvalue weighted by atomic mass is 10.1. The molecular weight excluding hydrogens is 199 g/mol. The molecular formula is C11H11FO3. The van der Waals surface area contributed by atoms with Crippen molar-refractivity contribution in [3.05, 3.63) is 35.6 Å². The number of aliphatic carboxylic acids is 1. The minimum atomic E-state index is -0.929. The van der Waals surface area contributed by atoms with Crippen molar-refractivity contribution in [1.29, 1.82) is 0 Å². The summed E-state index contributed by atoms with van der Waals surface area (Å²) in [7, 11) is 0. The van der Waals surface area contributed by atoms with Gasteiger partial charge in [-0.25, -0.2) is 4.39 Å². The highest BCUT2D eigenvalue weighted by Crippen LogP contribution is 2.08. The number of carbonyl (C=O) groups excluding carboxylic acids is 1. The molecule has 1 N–H and O–H groups in total. The number of hydrogen-bond acceptors (Lipinski definition) is 2. The van der Waals surface area contributed by atoms with Gasteiger partial charge >= 0.3 is 5.97 Å². The average Bonchev–Trinajstić information content (AvgIpc) is 2.17. The van der Waals surface area contributed by atoms with Crippen molar-refractivity contribution in [3.8, 4) is 0 Å². The van der Waals surface area contributed by atoms with Crippen LogP contribution in [0.2, 0.25) is 0 Å². The molecule has 0 amide bonds. The van der Waals surface area contributed by atoms with Crippen molar-refractivity contribution >= 4 is 11.8 Å². The third-order valence-corrected chi connectivity index (χ3v) is 1.94. The van der Waals surface area contributed by atoms with Gasteiger partial charge in [-0.1, -0.05) is 12.1 Å². The van der Waals surface area contributed by atoms with Crippen LogP contribution in [0.4, 0.5) is 4.39 Å². The number of rotatable bonds is 5. The maximum Gasteiger partial charge on any atom is 0.303 e. The molecule has 1 aromatic carbocycles. The van der Waals surface area contributed by atoms with Gasteiger partial charge in [0, 0.05) is 18.4 Å². The molecule has 0 heterocycles. The number of hydrogen-bond donors (Lipinski definition) is 1. The quantitative estimate of drug-likeness (QED) is 0.758. The van der Waals surface area contributed by atoms with Crippen LogP contribution in [-0.2, 0) is 4.79 Å². The number of benzene rings is 1. The van der Waals surface area contributed by atoms with Crippen molar-refractivity contribution in [3.63, 3.8) is 0 Å². The van der Waals surface area contributed by atoms with E-state index in [1.54, 1.807) is 0 Å². The summed E-state index contributed by atoms with van der Waals surface area (Å²) < 4.78 is 12.7. The maximum atomic E-state index is 12.7. The van der Waals surface area contributed by atoms with E-state index >= 15 is 0 Å². The maximum absolute atomic E-state index is 12.7. The Hall–Kier alpha value is -1.71. The van der Waals surface area contributed by atoms with Crippen LogP contribution in [0.5, 0.6) is 0 Å². The number of carbonyl (C=O) groups is 2. The van der Waals surface area contributed by atoms with Gasteiger partial charge < -0.3 is 5.11 Å². The highest BCUT2D eigenvalue weighted by Gasteiger charge is 2.07. The molecule has 1 aromatic rings. The van der Waals surface area contributed by atoms with Gasteiger partial charge in [0.1, 0.15) is 5.82 Å². The molecule has 15 heavy (non-hydrogen) atoms. The Bertz CT molecular complexity index is 374. The van der Waals surface area contributed by atoms with Crippen molar-refractivity contribution < 1.29 is 19.1 Å². The van der Waals surface area contributed by atoms with Gasteiger partial charge in [-0.3, -0.25) is 9.59 Å². The first-order chi connectivity index (χ1) is 7.09. The van der Waals surface area contributed by atoms with E-state index in [0.29, 0.717) is 5.56 Å². The van der Waals surface area contributed by atoms with Gasteiger partial charge in [0.05, 0.1) is 0 Å². The topological polar surface area (TPSA) is 54.4 Å². The minimum absolute atomic E-state index is 0.0406. The molecule has 0 aliphatic heterocycles. The van der Waals surface area contributed by atoms with E-state index in [1.807, 2.05) is 0 Å². The van der Waals surface area contributed by atoms with Crippen LogP contribution < -0.4 is 0 Å². The summed E-state index contributed by atoms with van der Waals surface area (Å²) in [5.74, 6) is -1.61. The third kappa shape index (κ3) is 3.89. The second-order valence-corrected chi connectivity index (χ2v) is 3.18. The molecule has 0 aliphatic rings. The summed E-state index contributed by atoms with van der Waals surface area (Å²) in [5, 5.41) is 8.37. The number of ketones is 1. The average molecular weight is 210 g/mol. The first-order valence-corrected chi connectivity index (χ1v) is 4.60. The summed E-state index contributed by atoms with van der Waals surface area (Å²) >= 11 is 0. The fourth-order valence-electron chi connectivity index (χ4n) is 1.21. The number of carboxylic acids is 1. The molecule has 0 radical (unpaired) electrons. The van der Waals surface area contributed by atoms with E-state index < -0.39 is 11.8 Å². The van der Waals surface area contributed by atoms with Crippen LogP contribution in [0.3, 0.4) is 0 Å². The molecule has 0 aliphatic carbocycles. The van der Waals surface area contributed by atoms with Gasteiger partial charge in [0.2, 0.25) is 0 Å². The van der Waals surface area contributed by atoms with E-state index in [-0.39, 0.29) is 25.0 Å². The molecule has 80 valence electrons. The molecule has 0 saturated carbocycles. The molecule has 0 aromatic heterocycles. The number of carboxylic acid groups (broad SMARTS) is 1. The SMILES string of the molecule is O=C(O)CCCC(=O)c1cccc(F)c1. The zero-order chi connectivity index (χ0) is 11.3. The molecule has 4 heteroatoms. The predicted octanol–water partition coefficient (Wildman–Crippen LogP) is 2.26. The zero-order valence-corrected chi connectivity index (χ0v) is 8.07. The second-order valence-electron chi connectivity index (χ2n) is 3.18. The van der Waals surface area contributed by atoms with Crippen LogP contribution in [0.15, 0.2) is 24.3 Å². The molecule has 0 fully saturated rings. The second kappa shape index (κ2) is 5.24. The van der Waals surface area contributed by atoms with E-state index in [1.165, 1.54) is 18.2 Å². The molecule has 1 rings (SSSR count). The smallest absolute Gasteiger partial charge is 0.303 e. The third-order valence-electron chi connectivity index (χ3n) is 1.94. The van der Waals surface area contributed by atoms with Crippen molar-refractivity contribution in [2.45, 2.75) is 19.3 Å². The van der Waals surface area contributed by atoms with Crippen LogP contribution >= 0.6 is 0 Å². The lowest BCUT2D eigenvalue weighted by Gasteiger charge is -1.99. The molecule has 0 unspecified atom stereocenters. The standard InChI is InChI=1S/C11H11FO3/c12-9-4-1-3-8(7-9)10(13)5-2-6-11(14)15/h1,3-4,7H,2,5-6H2,(H,14,15). The van der Waals surface area contributed by atoms with Gasteiger partial charge in [-0.2, -0.15) is 0 Å². The van der Waals surface area contributed by atoms with Gasteiger partial charge in [-0.05, 0) is 18.6 Å². The van der Waals surface area contributed by atoms with E-state index in [9.17, 15) is 14.0 Å². The first-order valence-electron chi connectivity index (χ1n) is 4.60. The Morgan fingerprint density at radius 3 is 2.60 bits per heavy atom. The van der Waals surface area contributed by atoms with Gasteiger partial charge in [0.15, 0.2) is 5.78 Å². The molecule has 0 bridgehead atoms. The highest BCUT2D eigenvalue weighted by atomic mass is 19.1. The Labute approximate surface area is 86.5 Å². The van der Waals surface area contributed by atoms with E-state index in [2.05, 4.69) is 0 Å². The molecule has 3 nitrogen and oxygen atoms in total. The molecule has 0 saturated heterocycles. The predicted molar refractivity (Wildman–Crippen MR) is 52.2 cm³/mol. The van der Waals surface area contributed by atoms with E-state index in [4.69, 9.17) is 5.11 Å². The summed E-state index contributed by atoms with van der Waals surface area (Å²) in [6.45, 7) is 0. The summed E-state index contributed by atoms with van der Waals surface area (Å²) in [6.07, 6.45) is 0.376. The zero-order valence-electron chi connectivity index (χ0n) is 8.07. The molecule has 0 spiro atoms.